The molecular formula is C20H17F3N4O4. The summed E-state index contributed by atoms with van der Waals surface area (Å²) in [5.41, 5.74) is -0.643. The molecule has 0 aliphatic rings. The Kier molecular flexibility index (Phi) is 6.04. The Morgan fingerprint density at radius 2 is 1.74 bits per heavy atom. The molecule has 2 aromatic carbocycles. The maximum atomic E-state index is 13.1. The number of carbonyl (C=O) groups is 1. The summed E-state index contributed by atoms with van der Waals surface area (Å²) in [5.74, 6) is -1.04. The van der Waals surface area contributed by atoms with E-state index in [1.807, 2.05) is 0 Å². The molecule has 0 atom stereocenters. The normalized spacial score (nSPS) is 11.5. The fourth-order valence-electron chi connectivity index (χ4n) is 3.22. The van der Waals surface area contributed by atoms with Gasteiger partial charge in [-0.25, -0.2) is 4.68 Å². The van der Waals surface area contributed by atoms with Gasteiger partial charge in [-0.15, -0.1) is 0 Å². The van der Waals surface area contributed by atoms with Gasteiger partial charge < -0.3 is 4.90 Å². The van der Waals surface area contributed by atoms with Gasteiger partial charge >= 0.3 is 6.18 Å². The number of rotatable bonds is 6. The second-order valence-corrected chi connectivity index (χ2v) is 6.84. The number of hydrogen-bond donors (Lipinski definition) is 0. The van der Waals surface area contributed by atoms with Crippen molar-refractivity contribution in [3.05, 3.63) is 80.3 Å². The number of hydrogen-bond acceptors (Lipinski definition) is 5. The molecule has 0 bridgehead atoms. The van der Waals surface area contributed by atoms with E-state index in [0.717, 1.165) is 10.7 Å². The molecule has 1 aromatic heterocycles. The molecule has 0 aliphatic heterocycles. The lowest BCUT2D eigenvalue weighted by Crippen LogP contribution is -2.42. The van der Waals surface area contributed by atoms with Crippen LogP contribution in [0.15, 0.2) is 53.3 Å². The number of alkyl halides is 3. The van der Waals surface area contributed by atoms with E-state index >= 15 is 0 Å². The number of halogens is 3. The Morgan fingerprint density at radius 1 is 1.13 bits per heavy atom. The maximum Gasteiger partial charge on any atom is 0.406 e. The van der Waals surface area contributed by atoms with Gasteiger partial charge in [0.25, 0.3) is 11.2 Å². The number of nitrogens with zero attached hydrogens (tertiary/aromatic N) is 4. The van der Waals surface area contributed by atoms with E-state index in [2.05, 4.69) is 5.10 Å². The highest BCUT2D eigenvalue weighted by molar-refractivity contribution is 5.83. The van der Waals surface area contributed by atoms with E-state index in [4.69, 9.17) is 0 Å². The third-order valence-electron chi connectivity index (χ3n) is 4.61. The van der Waals surface area contributed by atoms with Crippen LogP contribution >= 0.6 is 0 Å². The Balaban J connectivity index is 1.95. The van der Waals surface area contributed by atoms with E-state index in [1.54, 1.807) is 25.1 Å². The predicted molar refractivity (Wildman–Crippen MR) is 105 cm³/mol. The lowest BCUT2D eigenvalue weighted by Gasteiger charge is -2.24. The third-order valence-corrected chi connectivity index (χ3v) is 4.61. The third kappa shape index (κ3) is 5.05. The zero-order valence-electron chi connectivity index (χ0n) is 16.3. The average molecular weight is 434 g/mol. The first-order chi connectivity index (χ1) is 14.6. The van der Waals surface area contributed by atoms with Crippen molar-refractivity contribution in [3.63, 3.8) is 0 Å². The first kappa shape index (κ1) is 21.9. The van der Waals surface area contributed by atoms with Crippen LogP contribution in [0.25, 0.3) is 10.8 Å². The van der Waals surface area contributed by atoms with Gasteiger partial charge in [-0.1, -0.05) is 36.4 Å². The molecule has 0 fully saturated rings. The minimum absolute atomic E-state index is 0.0555. The van der Waals surface area contributed by atoms with Crippen molar-refractivity contribution in [2.45, 2.75) is 26.2 Å². The average Bonchev–Trinajstić information content (AvgIpc) is 2.70. The van der Waals surface area contributed by atoms with E-state index < -0.39 is 47.9 Å². The highest BCUT2D eigenvalue weighted by Crippen LogP contribution is 2.23. The first-order valence-electron chi connectivity index (χ1n) is 9.10. The lowest BCUT2D eigenvalue weighted by molar-refractivity contribution is -0.385. The molecule has 31 heavy (non-hydrogen) atoms. The number of benzene rings is 2. The second-order valence-electron chi connectivity index (χ2n) is 6.84. The number of aromatic nitrogens is 2. The van der Waals surface area contributed by atoms with Crippen LogP contribution in [0.5, 0.6) is 0 Å². The van der Waals surface area contributed by atoms with E-state index in [1.165, 1.54) is 24.3 Å². The molecule has 162 valence electrons. The molecule has 1 heterocycles. The van der Waals surface area contributed by atoms with Gasteiger partial charge in [0.1, 0.15) is 13.1 Å². The van der Waals surface area contributed by atoms with E-state index in [0.29, 0.717) is 16.0 Å². The zero-order valence-corrected chi connectivity index (χ0v) is 16.3. The molecule has 8 nitrogen and oxygen atoms in total. The molecule has 11 heteroatoms. The number of aryl methyl sites for hydroxylation is 1. The van der Waals surface area contributed by atoms with Crippen LogP contribution in [0.4, 0.5) is 18.9 Å². The monoisotopic (exact) mass is 434 g/mol. The molecule has 3 aromatic rings. The Bertz CT molecular complexity index is 1210. The zero-order chi connectivity index (χ0) is 22.8. The molecule has 0 N–H and O–H groups in total. The number of amides is 1. The Morgan fingerprint density at radius 3 is 2.39 bits per heavy atom. The van der Waals surface area contributed by atoms with E-state index in [-0.39, 0.29) is 10.9 Å². The highest BCUT2D eigenvalue weighted by Gasteiger charge is 2.34. The van der Waals surface area contributed by atoms with Gasteiger partial charge in [-0.05, 0) is 13.0 Å². The lowest BCUT2D eigenvalue weighted by atomic mass is 10.1. The summed E-state index contributed by atoms with van der Waals surface area (Å²) in [4.78, 5) is 36.3. The molecule has 0 spiro atoms. The van der Waals surface area contributed by atoms with Gasteiger partial charge in [-0.3, -0.25) is 19.7 Å². The quantitative estimate of drug-likeness (QED) is 0.438. The largest absolute Gasteiger partial charge is 0.406 e. The molecule has 0 radical (unpaired) electrons. The van der Waals surface area contributed by atoms with Crippen molar-refractivity contribution in [2.75, 3.05) is 6.54 Å². The van der Waals surface area contributed by atoms with Crippen LogP contribution in [-0.2, 0) is 17.9 Å². The van der Waals surface area contributed by atoms with Gasteiger partial charge in [-0.2, -0.15) is 18.3 Å². The smallest absolute Gasteiger partial charge is 0.327 e. The minimum atomic E-state index is -4.74. The summed E-state index contributed by atoms with van der Waals surface area (Å²) in [5, 5.41) is 16.1. The van der Waals surface area contributed by atoms with Crippen molar-refractivity contribution in [1.82, 2.24) is 14.7 Å². The second kappa shape index (κ2) is 8.54. The number of nitro benzene ring substituents is 1. The number of para-hydroxylation sites is 1. The predicted octanol–water partition coefficient (Wildman–Crippen LogP) is 3.20. The number of fused-ring (bicyclic) bond motifs is 1. The molecule has 0 saturated heterocycles. The molecule has 1 amide bonds. The highest BCUT2D eigenvalue weighted by atomic mass is 19.4. The van der Waals surface area contributed by atoms with Crippen LogP contribution in [-0.4, -0.2) is 38.2 Å². The topological polar surface area (TPSA) is 98.3 Å². The first-order valence-corrected chi connectivity index (χ1v) is 9.10. The van der Waals surface area contributed by atoms with E-state index in [9.17, 15) is 32.9 Å². The van der Waals surface area contributed by atoms with Crippen LogP contribution in [0.1, 0.15) is 11.3 Å². The van der Waals surface area contributed by atoms with Crippen molar-refractivity contribution in [3.8, 4) is 0 Å². The number of carbonyl (C=O) groups excluding carboxylic acids is 1. The van der Waals surface area contributed by atoms with Crippen LogP contribution < -0.4 is 5.56 Å². The molecular weight excluding hydrogens is 417 g/mol. The van der Waals surface area contributed by atoms with Crippen molar-refractivity contribution in [1.29, 1.82) is 0 Å². The van der Waals surface area contributed by atoms with Crippen LogP contribution in [0.2, 0.25) is 0 Å². The van der Waals surface area contributed by atoms with Gasteiger partial charge in [0.2, 0.25) is 5.91 Å². The molecule has 0 aliphatic carbocycles. The summed E-state index contributed by atoms with van der Waals surface area (Å²) in [7, 11) is 0. The summed E-state index contributed by atoms with van der Waals surface area (Å²) in [6, 6.07) is 11.8. The van der Waals surface area contributed by atoms with Crippen LogP contribution in [0, 0.1) is 17.0 Å². The van der Waals surface area contributed by atoms with Crippen molar-refractivity contribution in [2.24, 2.45) is 0 Å². The summed E-state index contributed by atoms with van der Waals surface area (Å²) in [6.45, 7) is -1.39. The molecule has 3 rings (SSSR count). The van der Waals surface area contributed by atoms with Gasteiger partial charge in [0.15, 0.2) is 0 Å². The molecule has 0 unspecified atom stereocenters. The Hall–Kier alpha value is -3.76. The number of nitro groups is 1. The summed E-state index contributed by atoms with van der Waals surface area (Å²) < 4.78 is 40.1. The fraction of sp³-hybridized carbons (Fsp3) is 0.250. The fourth-order valence-corrected chi connectivity index (χ4v) is 3.22. The SMILES string of the molecule is Cc1nn(CC(=O)N(Cc2ccccc2[N+](=O)[O-])CC(F)(F)F)c(=O)c2ccccc12. The minimum Gasteiger partial charge on any atom is -0.327 e. The van der Waals surface area contributed by atoms with Crippen LogP contribution in [0.3, 0.4) is 0 Å². The maximum absolute atomic E-state index is 13.1. The van der Waals surface area contributed by atoms with Gasteiger partial charge in [0, 0.05) is 17.0 Å². The summed E-state index contributed by atoms with van der Waals surface area (Å²) in [6.07, 6.45) is -4.74. The summed E-state index contributed by atoms with van der Waals surface area (Å²) >= 11 is 0. The van der Waals surface area contributed by atoms with Crippen molar-refractivity contribution < 1.29 is 22.9 Å². The van der Waals surface area contributed by atoms with Gasteiger partial charge in [0.05, 0.1) is 22.5 Å². The van der Waals surface area contributed by atoms with Crippen molar-refractivity contribution >= 4 is 22.4 Å². The standard InChI is InChI=1S/C20H17F3N4O4/c1-13-15-7-3-4-8-16(15)19(29)26(24-13)11-18(28)25(12-20(21,22)23)10-14-6-2-5-9-17(14)27(30)31/h2-9H,10-12H2,1H3. The molecule has 0 saturated carbocycles. The Labute approximate surface area is 173 Å².